The molecule has 2 aromatic rings. The summed E-state index contributed by atoms with van der Waals surface area (Å²) >= 11 is 1.40. The van der Waals surface area contributed by atoms with Crippen molar-refractivity contribution in [3.8, 4) is 5.75 Å². The Bertz CT molecular complexity index is 412. The quantitative estimate of drug-likeness (QED) is 0.677. The van der Waals surface area contributed by atoms with Crippen LogP contribution >= 0.6 is 11.3 Å². The highest BCUT2D eigenvalue weighted by molar-refractivity contribution is 7.16. The van der Waals surface area contributed by atoms with Crippen LogP contribution in [0.4, 0.5) is 4.39 Å². The Morgan fingerprint density at radius 1 is 1.50 bits per heavy atom. The van der Waals surface area contributed by atoms with E-state index in [0.29, 0.717) is 5.75 Å². The molecule has 12 heavy (non-hydrogen) atoms. The van der Waals surface area contributed by atoms with Crippen molar-refractivity contribution in [3.05, 3.63) is 23.5 Å². The van der Waals surface area contributed by atoms with Crippen LogP contribution in [-0.2, 0) is 0 Å². The van der Waals surface area contributed by atoms with Gasteiger partial charge in [0.25, 0.3) is 0 Å². The van der Waals surface area contributed by atoms with Crippen molar-refractivity contribution in [1.29, 1.82) is 0 Å². The van der Waals surface area contributed by atoms with E-state index in [1.807, 2.05) is 0 Å². The summed E-state index contributed by atoms with van der Waals surface area (Å²) in [4.78, 5) is 4.06. The highest BCUT2D eigenvalue weighted by Crippen LogP contribution is 2.28. The van der Waals surface area contributed by atoms with Gasteiger partial charge in [0.2, 0.25) is 0 Å². The van der Waals surface area contributed by atoms with Crippen molar-refractivity contribution in [3.63, 3.8) is 0 Å². The molecule has 0 saturated carbocycles. The molecule has 0 fully saturated rings. The van der Waals surface area contributed by atoms with E-state index in [9.17, 15) is 4.39 Å². The van der Waals surface area contributed by atoms with Gasteiger partial charge in [-0.05, 0) is 6.07 Å². The summed E-state index contributed by atoms with van der Waals surface area (Å²) < 4.78 is 18.6. The number of halogens is 1. The molecular formula is C8H6FNOS. The van der Waals surface area contributed by atoms with E-state index in [2.05, 4.69) is 4.98 Å². The SMILES string of the molecule is COc1cc(F)cc2scnc12. The summed E-state index contributed by atoms with van der Waals surface area (Å²) in [6.07, 6.45) is 0. The second-order valence-corrected chi connectivity index (χ2v) is 3.19. The van der Waals surface area contributed by atoms with Gasteiger partial charge in [-0.2, -0.15) is 0 Å². The van der Waals surface area contributed by atoms with Crippen LogP contribution in [0.15, 0.2) is 17.6 Å². The monoisotopic (exact) mass is 183 g/mol. The maximum absolute atomic E-state index is 12.9. The number of rotatable bonds is 1. The summed E-state index contributed by atoms with van der Waals surface area (Å²) in [5.41, 5.74) is 2.40. The molecule has 1 aromatic carbocycles. The van der Waals surface area contributed by atoms with Gasteiger partial charge in [0.15, 0.2) is 0 Å². The van der Waals surface area contributed by atoms with Gasteiger partial charge < -0.3 is 4.74 Å². The van der Waals surface area contributed by atoms with Crippen molar-refractivity contribution >= 4 is 21.6 Å². The lowest BCUT2D eigenvalue weighted by atomic mass is 10.3. The van der Waals surface area contributed by atoms with Crippen molar-refractivity contribution in [2.75, 3.05) is 7.11 Å². The van der Waals surface area contributed by atoms with Gasteiger partial charge in [-0.3, -0.25) is 0 Å². The molecule has 0 amide bonds. The van der Waals surface area contributed by atoms with Crippen molar-refractivity contribution in [2.45, 2.75) is 0 Å². The van der Waals surface area contributed by atoms with E-state index >= 15 is 0 Å². The number of thiazole rings is 1. The number of nitrogens with zero attached hydrogens (tertiary/aromatic N) is 1. The molecule has 1 aromatic heterocycles. The molecule has 2 rings (SSSR count). The van der Waals surface area contributed by atoms with E-state index in [4.69, 9.17) is 4.74 Å². The Hall–Kier alpha value is -1.16. The van der Waals surface area contributed by atoms with Crippen molar-refractivity contribution in [1.82, 2.24) is 4.98 Å². The molecule has 0 radical (unpaired) electrons. The molecule has 0 spiro atoms. The smallest absolute Gasteiger partial charge is 0.148 e. The van der Waals surface area contributed by atoms with Gasteiger partial charge in [0, 0.05) is 6.07 Å². The number of hydrogen-bond acceptors (Lipinski definition) is 3. The van der Waals surface area contributed by atoms with Gasteiger partial charge in [-0.15, -0.1) is 11.3 Å². The molecule has 0 bridgehead atoms. The first-order chi connectivity index (χ1) is 5.81. The number of hydrogen-bond donors (Lipinski definition) is 0. The molecule has 62 valence electrons. The Morgan fingerprint density at radius 3 is 3.08 bits per heavy atom. The number of ether oxygens (including phenoxy) is 1. The highest BCUT2D eigenvalue weighted by Gasteiger charge is 2.05. The number of aromatic nitrogens is 1. The van der Waals surface area contributed by atoms with Crippen molar-refractivity contribution < 1.29 is 9.13 Å². The standard InChI is InChI=1S/C8H6FNOS/c1-11-6-2-5(9)3-7-8(6)10-4-12-7/h2-4H,1H3. The van der Waals surface area contributed by atoms with E-state index in [0.717, 1.165) is 10.2 Å². The maximum Gasteiger partial charge on any atom is 0.148 e. The van der Waals surface area contributed by atoms with E-state index < -0.39 is 0 Å². The molecule has 0 unspecified atom stereocenters. The number of methoxy groups -OCH3 is 1. The largest absolute Gasteiger partial charge is 0.494 e. The predicted octanol–water partition coefficient (Wildman–Crippen LogP) is 2.44. The lowest BCUT2D eigenvalue weighted by molar-refractivity contribution is 0.416. The third kappa shape index (κ3) is 1.04. The van der Waals surface area contributed by atoms with Gasteiger partial charge in [-0.1, -0.05) is 0 Å². The zero-order valence-electron chi connectivity index (χ0n) is 6.37. The summed E-state index contributed by atoms with van der Waals surface area (Å²) in [5.74, 6) is 0.204. The van der Waals surface area contributed by atoms with Crippen LogP contribution in [0, 0.1) is 5.82 Å². The minimum absolute atomic E-state index is 0.288. The second kappa shape index (κ2) is 2.71. The molecule has 0 aliphatic carbocycles. The fraction of sp³-hybridized carbons (Fsp3) is 0.125. The molecule has 0 N–H and O–H groups in total. The summed E-state index contributed by atoms with van der Waals surface area (Å²) in [5, 5.41) is 0. The summed E-state index contributed by atoms with van der Waals surface area (Å²) in [6, 6.07) is 2.79. The van der Waals surface area contributed by atoms with Crippen molar-refractivity contribution in [2.24, 2.45) is 0 Å². The summed E-state index contributed by atoms with van der Waals surface area (Å²) in [7, 11) is 1.51. The Morgan fingerprint density at radius 2 is 2.33 bits per heavy atom. The number of benzene rings is 1. The third-order valence-electron chi connectivity index (χ3n) is 1.59. The zero-order valence-corrected chi connectivity index (χ0v) is 7.19. The molecule has 0 saturated heterocycles. The maximum atomic E-state index is 12.9. The lowest BCUT2D eigenvalue weighted by Crippen LogP contribution is -1.85. The average Bonchev–Trinajstić information content (AvgIpc) is 2.50. The van der Waals surface area contributed by atoms with E-state index in [1.54, 1.807) is 5.51 Å². The normalized spacial score (nSPS) is 10.5. The third-order valence-corrected chi connectivity index (χ3v) is 2.36. The first kappa shape index (κ1) is 7.49. The highest BCUT2D eigenvalue weighted by atomic mass is 32.1. The molecule has 2 nitrogen and oxygen atoms in total. The molecule has 1 heterocycles. The Labute approximate surface area is 72.6 Å². The average molecular weight is 183 g/mol. The van der Waals surface area contributed by atoms with Gasteiger partial charge in [-0.25, -0.2) is 9.37 Å². The van der Waals surface area contributed by atoms with Crippen LogP contribution in [0.25, 0.3) is 10.2 Å². The number of fused-ring (bicyclic) bond motifs is 1. The molecular weight excluding hydrogens is 177 g/mol. The molecule has 0 aliphatic heterocycles. The fourth-order valence-corrected chi connectivity index (χ4v) is 1.78. The van der Waals surface area contributed by atoms with Crippen LogP contribution in [0.1, 0.15) is 0 Å². The van der Waals surface area contributed by atoms with E-state index in [1.165, 1.54) is 30.6 Å². The predicted molar refractivity (Wildman–Crippen MR) is 46.1 cm³/mol. The van der Waals surface area contributed by atoms with Crippen LogP contribution in [0.3, 0.4) is 0 Å². The molecule has 4 heteroatoms. The van der Waals surface area contributed by atoms with Gasteiger partial charge in [0.1, 0.15) is 17.1 Å². The lowest BCUT2D eigenvalue weighted by Gasteiger charge is -1.99. The zero-order chi connectivity index (χ0) is 8.55. The Kier molecular flexibility index (Phi) is 1.69. The van der Waals surface area contributed by atoms with E-state index in [-0.39, 0.29) is 5.82 Å². The Balaban J connectivity index is 2.80. The first-order valence-corrected chi connectivity index (χ1v) is 4.26. The van der Waals surface area contributed by atoms with Crippen LogP contribution < -0.4 is 4.74 Å². The topological polar surface area (TPSA) is 22.1 Å². The van der Waals surface area contributed by atoms with Gasteiger partial charge in [0.05, 0.1) is 17.3 Å². The summed E-state index contributed by atoms with van der Waals surface area (Å²) in [6.45, 7) is 0. The van der Waals surface area contributed by atoms with Crippen LogP contribution in [-0.4, -0.2) is 12.1 Å². The first-order valence-electron chi connectivity index (χ1n) is 3.38. The van der Waals surface area contributed by atoms with Crippen LogP contribution in [0.2, 0.25) is 0 Å². The second-order valence-electron chi connectivity index (χ2n) is 2.31. The molecule has 0 atom stereocenters. The molecule has 0 aliphatic rings. The minimum Gasteiger partial charge on any atom is -0.494 e. The van der Waals surface area contributed by atoms with Crippen LogP contribution in [0.5, 0.6) is 5.75 Å². The van der Waals surface area contributed by atoms with Gasteiger partial charge >= 0.3 is 0 Å². The minimum atomic E-state index is -0.288. The fourth-order valence-electron chi connectivity index (χ4n) is 1.06.